The van der Waals surface area contributed by atoms with Gasteiger partial charge < -0.3 is 19.4 Å². The highest BCUT2D eigenvalue weighted by atomic mass is 32.2. The molecule has 3 aromatic carbocycles. The van der Waals surface area contributed by atoms with E-state index in [2.05, 4.69) is 32.1 Å². The van der Waals surface area contributed by atoms with Crippen LogP contribution in [-0.4, -0.2) is 46.0 Å². The van der Waals surface area contributed by atoms with Crippen LogP contribution in [0.15, 0.2) is 71.1 Å². The zero-order valence-electron chi connectivity index (χ0n) is 18.1. The second kappa shape index (κ2) is 8.76. The number of nitrogens with zero attached hydrogens (tertiary/aromatic N) is 2. The minimum Gasteiger partial charge on any atom is -0.423 e. The summed E-state index contributed by atoms with van der Waals surface area (Å²) in [4.78, 5) is 6.88. The largest absolute Gasteiger partial charge is 0.423 e. The predicted molar refractivity (Wildman–Crippen MR) is 131 cm³/mol. The van der Waals surface area contributed by atoms with Gasteiger partial charge in [0, 0.05) is 35.7 Å². The molecule has 0 aliphatic carbocycles. The van der Waals surface area contributed by atoms with Crippen molar-refractivity contribution < 1.29 is 17.6 Å². The normalized spacial score (nSPS) is 14.4. The molecule has 0 atom stereocenters. The summed E-state index contributed by atoms with van der Waals surface area (Å²) in [5.41, 5.74) is 5.73. The van der Waals surface area contributed by atoms with E-state index in [4.69, 9.17) is 9.15 Å². The molecule has 1 fully saturated rings. The fourth-order valence-corrected chi connectivity index (χ4v) is 4.43. The number of hydrogen-bond acceptors (Lipinski definition) is 7. The lowest BCUT2D eigenvalue weighted by atomic mass is 10.0. The Morgan fingerprint density at radius 2 is 1.61 bits per heavy atom. The van der Waals surface area contributed by atoms with Gasteiger partial charge in [-0.2, -0.15) is 4.98 Å². The van der Waals surface area contributed by atoms with Crippen LogP contribution in [-0.2, 0) is 14.8 Å². The van der Waals surface area contributed by atoms with Gasteiger partial charge in [0.05, 0.1) is 19.5 Å². The number of benzene rings is 3. The van der Waals surface area contributed by atoms with E-state index >= 15 is 0 Å². The lowest BCUT2D eigenvalue weighted by molar-refractivity contribution is 0.122. The van der Waals surface area contributed by atoms with Crippen LogP contribution < -0.4 is 14.9 Å². The molecule has 0 saturated carbocycles. The van der Waals surface area contributed by atoms with Gasteiger partial charge in [0.15, 0.2) is 5.58 Å². The summed E-state index contributed by atoms with van der Waals surface area (Å²) in [5, 5.41) is 3.24. The topological polar surface area (TPSA) is 96.7 Å². The third kappa shape index (κ3) is 4.94. The first kappa shape index (κ1) is 21.3. The monoisotopic (exact) mass is 464 g/mol. The van der Waals surface area contributed by atoms with Crippen molar-refractivity contribution in [2.24, 2.45) is 0 Å². The Balaban J connectivity index is 1.36. The number of hydrogen-bond donors (Lipinski definition) is 2. The van der Waals surface area contributed by atoms with Crippen molar-refractivity contribution in [1.29, 1.82) is 0 Å². The molecule has 5 rings (SSSR count). The summed E-state index contributed by atoms with van der Waals surface area (Å²) in [5.74, 6) is 0. The molecule has 170 valence electrons. The second-order valence-electron chi connectivity index (χ2n) is 7.90. The Hall–Kier alpha value is -3.56. The lowest BCUT2D eigenvalue weighted by Crippen LogP contribution is -2.36. The van der Waals surface area contributed by atoms with Crippen LogP contribution >= 0.6 is 0 Å². The van der Waals surface area contributed by atoms with E-state index in [1.807, 2.05) is 42.5 Å². The standard InChI is InChI=1S/C24H24N4O4S/c1-33(29,30)27-19-7-5-17(6-8-19)21-3-2-4-22-23(21)32-24(26-22)25-18-9-11-20(12-10-18)28-13-15-31-16-14-28/h2-12,27H,13-16H2,1H3,(H,25,26). The lowest BCUT2D eigenvalue weighted by Gasteiger charge is -2.28. The zero-order chi connectivity index (χ0) is 22.8. The van der Waals surface area contributed by atoms with E-state index in [1.54, 1.807) is 12.1 Å². The Morgan fingerprint density at radius 3 is 2.30 bits per heavy atom. The van der Waals surface area contributed by atoms with Crippen LogP contribution in [0, 0.1) is 0 Å². The van der Waals surface area contributed by atoms with Gasteiger partial charge in [-0.3, -0.25) is 4.72 Å². The first-order valence-corrected chi connectivity index (χ1v) is 12.5. The molecule has 33 heavy (non-hydrogen) atoms. The highest BCUT2D eigenvalue weighted by molar-refractivity contribution is 7.92. The number of oxazole rings is 1. The highest BCUT2D eigenvalue weighted by Gasteiger charge is 2.14. The Morgan fingerprint density at radius 1 is 0.909 bits per heavy atom. The molecule has 1 saturated heterocycles. The molecule has 2 N–H and O–H groups in total. The van der Waals surface area contributed by atoms with Crippen LogP contribution in [0.25, 0.3) is 22.2 Å². The molecule has 4 aromatic rings. The maximum Gasteiger partial charge on any atom is 0.300 e. The number of sulfonamides is 1. The summed E-state index contributed by atoms with van der Waals surface area (Å²) >= 11 is 0. The molecule has 0 bridgehead atoms. The van der Waals surface area contributed by atoms with Crippen LogP contribution in [0.5, 0.6) is 0 Å². The molecular formula is C24H24N4O4S. The number of fused-ring (bicyclic) bond motifs is 1. The zero-order valence-corrected chi connectivity index (χ0v) is 18.9. The fourth-order valence-electron chi connectivity index (χ4n) is 3.86. The molecule has 2 heterocycles. The molecule has 1 aliphatic rings. The van der Waals surface area contributed by atoms with Crippen molar-refractivity contribution in [1.82, 2.24) is 4.98 Å². The number of para-hydroxylation sites is 1. The Labute approximate surface area is 192 Å². The minimum atomic E-state index is -3.32. The van der Waals surface area contributed by atoms with Crippen molar-refractivity contribution in [3.05, 3.63) is 66.7 Å². The van der Waals surface area contributed by atoms with Crippen molar-refractivity contribution in [3.8, 4) is 11.1 Å². The molecule has 0 spiro atoms. The van der Waals surface area contributed by atoms with Crippen LogP contribution in [0.4, 0.5) is 23.1 Å². The summed E-state index contributed by atoms with van der Waals surface area (Å²) in [6.45, 7) is 3.29. The van der Waals surface area contributed by atoms with Crippen LogP contribution in [0.2, 0.25) is 0 Å². The molecule has 8 nitrogen and oxygen atoms in total. The minimum absolute atomic E-state index is 0.409. The van der Waals surface area contributed by atoms with Crippen molar-refractivity contribution in [2.75, 3.05) is 47.5 Å². The number of morpholine rings is 1. The quantitative estimate of drug-likeness (QED) is 0.435. The van der Waals surface area contributed by atoms with Crippen molar-refractivity contribution in [2.45, 2.75) is 0 Å². The molecule has 0 radical (unpaired) electrons. The summed E-state index contributed by atoms with van der Waals surface area (Å²) in [6, 6.07) is 21.5. The molecular weight excluding hydrogens is 440 g/mol. The average Bonchev–Trinajstić information content (AvgIpc) is 3.22. The molecule has 0 amide bonds. The highest BCUT2D eigenvalue weighted by Crippen LogP contribution is 2.32. The van der Waals surface area contributed by atoms with E-state index in [0.29, 0.717) is 17.3 Å². The maximum absolute atomic E-state index is 11.4. The van der Waals surface area contributed by atoms with Gasteiger partial charge in [0.2, 0.25) is 10.0 Å². The average molecular weight is 465 g/mol. The van der Waals surface area contributed by atoms with Gasteiger partial charge >= 0.3 is 0 Å². The van der Waals surface area contributed by atoms with Crippen molar-refractivity contribution >= 4 is 44.2 Å². The molecule has 0 unspecified atom stereocenters. The van der Waals surface area contributed by atoms with Gasteiger partial charge in [-0.25, -0.2) is 8.42 Å². The third-order valence-corrected chi connectivity index (χ3v) is 6.02. The summed E-state index contributed by atoms with van der Waals surface area (Å²) in [7, 11) is -3.32. The Kier molecular flexibility index (Phi) is 5.65. The van der Waals surface area contributed by atoms with Gasteiger partial charge in [-0.15, -0.1) is 0 Å². The fraction of sp³-hybridized carbons (Fsp3) is 0.208. The first-order chi connectivity index (χ1) is 15.9. The van der Waals surface area contributed by atoms with E-state index in [0.717, 1.165) is 60.6 Å². The van der Waals surface area contributed by atoms with E-state index < -0.39 is 10.0 Å². The number of aromatic nitrogens is 1. The number of anilines is 4. The predicted octanol–water partition coefficient (Wildman–Crippen LogP) is 4.45. The van der Waals surface area contributed by atoms with E-state index in [9.17, 15) is 8.42 Å². The third-order valence-electron chi connectivity index (χ3n) is 5.41. The Bertz CT molecular complexity index is 1360. The van der Waals surface area contributed by atoms with Crippen LogP contribution in [0.1, 0.15) is 0 Å². The molecule has 9 heteroatoms. The van der Waals surface area contributed by atoms with Gasteiger partial charge in [-0.1, -0.05) is 24.3 Å². The second-order valence-corrected chi connectivity index (χ2v) is 9.64. The van der Waals surface area contributed by atoms with Crippen LogP contribution in [0.3, 0.4) is 0 Å². The maximum atomic E-state index is 11.4. The number of rotatable bonds is 6. The van der Waals surface area contributed by atoms with E-state index in [-0.39, 0.29) is 0 Å². The summed E-state index contributed by atoms with van der Waals surface area (Å²) < 4.78 is 36.8. The molecule has 1 aliphatic heterocycles. The number of nitrogens with one attached hydrogen (secondary N) is 2. The van der Waals surface area contributed by atoms with Gasteiger partial charge in [0.1, 0.15) is 5.52 Å². The smallest absolute Gasteiger partial charge is 0.300 e. The van der Waals surface area contributed by atoms with E-state index in [1.165, 1.54) is 0 Å². The SMILES string of the molecule is CS(=O)(=O)Nc1ccc(-c2cccc3nc(Nc4ccc(N5CCOCC5)cc4)oc23)cc1. The van der Waals surface area contributed by atoms with Gasteiger partial charge in [-0.05, 0) is 48.0 Å². The number of ether oxygens (including phenoxy) is 1. The van der Waals surface area contributed by atoms with Crippen molar-refractivity contribution in [3.63, 3.8) is 0 Å². The molecule has 1 aromatic heterocycles. The van der Waals surface area contributed by atoms with Gasteiger partial charge in [0.25, 0.3) is 6.01 Å². The summed E-state index contributed by atoms with van der Waals surface area (Å²) in [6.07, 6.45) is 1.13. The first-order valence-electron chi connectivity index (χ1n) is 10.6.